The molecule has 1 heterocycles. The number of aliphatic hydroxyl groups excluding tert-OH is 1. The first kappa shape index (κ1) is 15.9. The van der Waals surface area contributed by atoms with Gasteiger partial charge in [0.25, 0.3) is 0 Å². The van der Waals surface area contributed by atoms with Crippen LogP contribution >= 0.6 is 0 Å². The molecule has 1 aliphatic heterocycles. The van der Waals surface area contributed by atoms with E-state index in [1.54, 1.807) is 0 Å². The fraction of sp³-hybridized carbons (Fsp3) is 1.00. The highest BCUT2D eigenvalue weighted by molar-refractivity contribution is 4.78. The van der Waals surface area contributed by atoms with Gasteiger partial charge in [-0.2, -0.15) is 0 Å². The third-order valence-electron chi connectivity index (χ3n) is 3.91. The van der Waals surface area contributed by atoms with Crippen molar-refractivity contribution in [2.24, 2.45) is 11.8 Å². The van der Waals surface area contributed by atoms with Gasteiger partial charge in [-0.1, -0.05) is 13.8 Å². The van der Waals surface area contributed by atoms with Gasteiger partial charge in [0.1, 0.15) is 0 Å². The van der Waals surface area contributed by atoms with Crippen molar-refractivity contribution in [3.05, 3.63) is 0 Å². The number of hydrogen-bond acceptors (Lipinski definition) is 3. The average molecular weight is 256 g/mol. The molecule has 1 aliphatic rings. The Balaban J connectivity index is 2.20. The molecule has 0 saturated carbocycles. The molecule has 18 heavy (non-hydrogen) atoms. The summed E-state index contributed by atoms with van der Waals surface area (Å²) >= 11 is 0. The van der Waals surface area contributed by atoms with Crippen LogP contribution in [-0.4, -0.2) is 47.8 Å². The first-order chi connectivity index (χ1) is 8.28. The fourth-order valence-electron chi connectivity index (χ4n) is 2.59. The molecule has 0 radical (unpaired) electrons. The predicted octanol–water partition coefficient (Wildman–Crippen LogP) is 2.10. The number of β-amino-alcohol motifs (C(OH)–C–C–N with tert-alkyl or cyclic N) is 1. The van der Waals surface area contributed by atoms with Crippen LogP contribution in [0.3, 0.4) is 0 Å². The molecule has 3 heteroatoms. The van der Waals surface area contributed by atoms with E-state index < -0.39 is 0 Å². The van der Waals surface area contributed by atoms with Crippen LogP contribution in [0.1, 0.15) is 47.5 Å². The SMILES string of the molecule is CC(C)C1CCN(CC(O)CNC(C)(C)C)CC1. The van der Waals surface area contributed by atoms with Crippen LogP contribution in [0.5, 0.6) is 0 Å². The van der Waals surface area contributed by atoms with Gasteiger partial charge in [0.15, 0.2) is 0 Å². The van der Waals surface area contributed by atoms with Crippen molar-refractivity contribution < 1.29 is 5.11 Å². The summed E-state index contributed by atoms with van der Waals surface area (Å²) in [5.41, 5.74) is 0.0889. The third-order valence-corrected chi connectivity index (χ3v) is 3.91. The maximum absolute atomic E-state index is 10.0. The van der Waals surface area contributed by atoms with E-state index >= 15 is 0 Å². The Morgan fingerprint density at radius 3 is 2.22 bits per heavy atom. The lowest BCUT2D eigenvalue weighted by molar-refractivity contribution is 0.0777. The highest BCUT2D eigenvalue weighted by Gasteiger charge is 2.23. The van der Waals surface area contributed by atoms with E-state index in [2.05, 4.69) is 44.8 Å². The van der Waals surface area contributed by atoms with Gasteiger partial charge in [-0.15, -0.1) is 0 Å². The standard InChI is InChI=1S/C15H32N2O/c1-12(2)13-6-8-17(9-7-13)11-14(18)10-16-15(3,4)5/h12-14,16,18H,6-11H2,1-5H3. The maximum atomic E-state index is 10.0. The number of piperidine rings is 1. The van der Waals surface area contributed by atoms with Crippen molar-refractivity contribution in [3.8, 4) is 0 Å². The van der Waals surface area contributed by atoms with Gasteiger partial charge in [0.05, 0.1) is 6.10 Å². The van der Waals surface area contributed by atoms with Gasteiger partial charge in [-0.25, -0.2) is 0 Å². The molecule has 1 atom stereocenters. The molecular formula is C15H32N2O. The van der Waals surface area contributed by atoms with Crippen LogP contribution in [-0.2, 0) is 0 Å². The van der Waals surface area contributed by atoms with Crippen molar-refractivity contribution in [1.29, 1.82) is 0 Å². The fourth-order valence-corrected chi connectivity index (χ4v) is 2.59. The molecule has 3 nitrogen and oxygen atoms in total. The second-order valence-electron chi connectivity index (χ2n) is 7.17. The largest absolute Gasteiger partial charge is 0.390 e. The molecule has 0 spiro atoms. The summed E-state index contributed by atoms with van der Waals surface area (Å²) in [6.07, 6.45) is 2.33. The van der Waals surface area contributed by atoms with Gasteiger partial charge >= 0.3 is 0 Å². The Morgan fingerprint density at radius 2 is 1.78 bits per heavy atom. The van der Waals surface area contributed by atoms with Crippen molar-refractivity contribution in [1.82, 2.24) is 10.2 Å². The van der Waals surface area contributed by atoms with E-state index in [-0.39, 0.29) is 11.6 Å². The number of likely N-dealkylation sites (tertiary alicyclic amines) is 1. The zero-order chi connectivity index (χ0) is 13.8. The smallest absolute Gasteiger partial charge is 0.0791 e. The minimum absolute atomic E-state index is 0.0889. The van der Waals surface area contributed by atoms with Gasteiger partial charge in [0, 0.05) is 18.6 Å². The van der Waals surface area contributed by atoms with Crippen LogP contribution in [0.2, 0.25) is 0 Å². The number of hydrogen-bond donors (Lipinski definition) is 2. The second-order valence-corrected chi connectivity index (χ2v) is 7.17. The van der Waals surface area contributed by atoms with Crippen molar-refractivity contribution in [2.75, 3.05) is 26.2 Å². The van der Waals surface area contributed by atoms with Gasteiger partial charge in [0.2, 0.25) is 0 Å². The number of nitrogens with zero attached hydrogens (tertiary/aromatic N) is 1. The summed E-state index contributed by atoms with van der Waals surface area (Å²) in [7, 11) is 0. The van der Waals surface area contributed by atoms with E-state index in [1.165, 1.54) is 12.8 Å². The molecule has 2 N–H and O–H groups in total. The zero-order valence-corrected chi connectivity index (χ0v) is 12.9. The van der Waals surface area contributed by atoms with Gasteiger partial charge in [-0.3, -0.25) is 0 Å². The lowest BCUT2D eigenvalue weighted by atomic mass is 9.86. The Kier molecular flexibility index (Phi) is 6.09. The van der Waals surface area contributed by atoms with Crippen molar-refractivity contribution in [3.63, 3.8) is 0 Å². The minimum Gasteiger partial charge on any atom is -0.390 e. The second kappa shape index (κ2) is 6.88. The summed E-state index contributed by atoms with van der Waals surface area (Å²) in [5, 5.41) is 13.4. The molecule has 1 unspecified atom stereocenters. The predicted molar refractivity (Wildman–Crippen MR) is 77.8 cm³/mol. The Bertz CT molecular complexity index is 227. The number of aliphatic hydroxyl groups is 1. The van der Waals surface area contributed by atoms with Crippen molar-refractivity contribution >= 4 is 0 Å². The number of nitrogens with one attached hydrogen (secondary N) is 1. The first-order valence-electron chi connectivity index (χ1n) is 7.43. The monoisotopic (exact) mass is 256 g/mol. The van der Waals surface area contributed by atoms with Crippen molar-refractivity contribution in [2.45, 2.75) is 59.1 Å². The normalized spacial score (nSPS) is 21.5. The molecule has 0 amide bonds. The third kappa shape index (κ3) is 6.17. The maximum Gasteiger partial charge on any atom is 0.0791 e. The summed E-state index contributed by atoms with van der Waals surface area (Å²) in [5.74, 6) is 1.69. The Morgan fingerprint density at radius 1 is 1.22 bits per heavy atom. The lowest BCUT2D eigenvalue weighted by Gasteiger charge is -2.35. The lowest BCUT2D eigenvalue weighted by Crippen LogP contribution is -2.46. The quantitative estimate of drug-likeness (QED) is 0.791. The molecule has 108 valence electrons. The van der Waals surface area contributed by atoms with Crippen LogP contribution in [0, 0.1) is 11.8 Å². The first-order valence-corrected chi connectivity index (χ1v) is 7.43. The van der Waals surface area contributed by atoms with E-state index in [1.807, 2.05) is 0 Å². The topological polar surface area (TPSA) is 35.5 Å². The Labute approximate surface area is 113 Å². The Hall–Kier alpha value is -0.120. The molecule has 1 rings (SSSR count). The van der Waals surface area contributed by atoms with Crippen LogP contribution in [0.25, 0.3) is 0 Å². The van der Waals surface area contributed by atoms with Crippen LogP contribution in [0.4, 0.5) is 0 Å². The van der Waals surface area contributed by atoms with E-state index in [9.17, 15) is 5.11 Å². The average Bonchev–Trinajstić information content (AvgIpc) is 2.26. The van der Waals surface area contributed by atoms with Gasteiger partial charge < -0.3 is 15.3 Å². The molecule has 1 fully saturated rings. The number of rotatable bonds is 5. The molecule has 0 aliphatic carbocycles. The van der Waals surface area contributed by atoms with E-state index in [4.69, 9.17) is 0 Å². The summed E-state index contributed by atoms with van der Waals surface area (Å²) in [4.78, 5) is 2.41. The zero-order valence-electron chi connectivity index (χ0n) is 12.9. The van der Waals surface area contributed by atoms with E-state index in [0.29, 0.717) is 6.54 Å². The summed E-state index contributed by atoms with van der Waals surface area (Å²) < 4.78 is 0. The minimum atomic E-state index is -0.250. The van der Waals surface area contributed by atoms with E-state index in [0.717, 1.165) is 31.5 Å². The van der Waals surface area contributed by atoms with Crippen LogP contribution < -0.4 is 5.32 Å². The molecule has 0 bridgehead atoms. The summed E-state index contributed by atoms with van der Waals surface area (Å²) in [6.45, 7) is 14.8. The molecule has 1 saturated heterocycles. The molecular weight excluding hydrogens is 224 g/mol. The summed E-state index contributed by atoms with van der Waals surface area (Å²) in [6, 6.07) is 0. The molecule has 0 aromatic heterocycles. The molecule has 0 aromatic rings. The van der Waals surface area contributed by atoms with Gasteiger partial charge in [-0.05, 0) is 58.5 Å². The highest BCUT2D eigenvalue weighted by Crippen LogP contribution is 2.24. The molecule has 0 aromatic carbocycles. The van der Waals surface area contributed by atoms with Crippen LogP contribution in [0.15, 0.2) is 0 Å². The highest BCUT2D eigenvalue weighted by atomic mass is 16.3.